The van der Waals surface area contributed by atoms with Crippen molar-refractivity contribution in [2.24, 2.45) is 0 Å². The first kappa shape index (κ1) is 19.4. The van der Waals surface area contributed by atoms with Gasteiger partial charge in [-0.05, 0) is 13.3 Å². The minimum Gasteiger partial charge on any atom is -0.480 e. The first-order valence-corrected chi connectivity index (χ1v) is 8.20. The number of hydrogen-bond acceptors (Lipinski definition) is 5. The Balaban J connectivity index is 0.00000242. The van der Waals surface area contributed by atoms with E-state index in [0.717, 1.165) is 36.8 Å². The fourth-order valence-corrected chi connectivity index (χ4v) is 3.61. The van der Waals surface area contributed by atoms with Gasteiger partial charge in [0.05, 0.1) is 18.8 Å². The average molecular weight is 348 g/mol. The first-order chi connectivity index (χ1) is 9.68. The molecule has 2 heterocycles. The molecule has 1 aromatic rings. The third-order valence-corrected chi connectivity index (χ3v) is 4.73. The minimum absolute atomic E-state index is 0. The van der Waals surface area contributed by atoms with Crippen LogP contribution in [-0.2, 0) is 16.8 Å². The Hall–Kier alpha value is -0.690. The maximum absolute atomic E-state index is 10.7. The van der Waals surface area contributed by atoms with Crippen LogP contribution in [0.1, 0.15) is 44.8 Å². The molecule has 1 aliphatic rings. The summed E-state index contributed by atoms with van der Waals surface area (Å²) in [5, 5.41) is 15.2. The summed E-state index contributed by atoms with van der Waals surface area (Å²) in [6, 6.07) is 0. The van der Waals surface area contributed by atoms with Crippen molar-refractivity contribution in [2.45, 2.75) is 51.6 Å². The van der Waals surface area contributed by atoms with Crippen molar-refractivity contribution in [1.29, 1.82) is 0 Å². The number of carbonyl (C=O) groups is 1. The number of hydrogen-bond donors (Lipinski definition) is 2. The van der Waals surface area contributed by atoms with Crippen molar-refractivity contribution < 1.29 is 9.90 Å². The van der Waals surface area contributed by atoms with Crippen molar-refractivity contribution >= 4 is 29.7 Å². The standard InChI is InChI=1S/C15H25N3O2S.ClH/c1-14(2,3)11-9-21-12(17-11)8-18-6-5-15(4,10-18)16-7-13(19)20;/h9,16H,5-8,10H2,1-4H3,(H,19,20);1H. The molecular weight excluding hydrogens is 322 g/mol. The normalized spacial score (nSPS) is 22.5. The summed E-state index contributed by atoms with van der Waals surface area (Å²) in [6.07, 6.45) is 0.970. The zero-order valence-corrected chi connectivity index (χ0v) is 15.3. The molecule has 1 aromatic heterocycles. The van der Waals surface area contributed by atoms with Crippen molar-refractivity contribution in [3.63, 3.8) is 0 Å². The number of rotatable bonds is 5. The highest BCUT2D eigenvalue weighted by atomic mass is 35.5. The summed E-state index contributed by atoms with van der Waals surface area (Å²) < 4.78 is 0. The van der Waals surface area contributed by atoms with Crippen LogP contribution in [0.2, 0.25) is 0 Å². The highest BCUT2D eigenvalue weighted by Crippen LogP contribution is 2.27. The first-order valence-electron chi connectivity index (χ1n) is 7.32. The topological polar surface area (TPSA) is 65.5 Å². The molecule has 1 unspecified atom stereocenters. The number of nitrogens with zero attached hydrogens (tertiary/aromatic N) is 2. The van der Waals surface area contributed by atoms with Gasteiger partial charge in [-0.3, -0.25) is 9.69 Å². The second-order valence-corrected chi connectivity index (χ2v) is 8.09. The summed E-state index contributed by atoms with van der Waals surface area (Å²) in [5.41, 5.74) is 1.13. The zero-order chi connectivity index (χ0) is 15.7. The van der Waals surface area contributed by atoms with E-state index in [-0.39, 0.29) is 29.9 Å². The second kappa shape index (κ2) is 7.25. The lowest BCUT2D eigenvalue weighted by molar-refractivity contribution is -0.136. The van der Waals surface area contributed by atoms with Crippen LogP contribution in [0, 0.1) is 0 Å². The number of carboxylic acid groups (broad SMARTS) is 1. The van der Waals surface area contributed by atoms with Gasteiger partial charge in [0.15, 0.2) is 0 Å². The number of likely N-dealkylation sites (tertiary alicyclic amines) is 1. The highest BCUT2D eigenvalue weighted by molar-refractivity contribution is 7.09. The molecule has 1 saturated heterocycles. The van der Waals surface area contributed by atoms with Gasteiger partial charge in [-0.2, -0.15) is 0 Å². The van der Waals surface area contributed by atoms with E-state index in [4.69, 9.17) is 10.1 Å². The monoisotopic (exact) mass is 347 g/mol. The van der Waals surface area contributed by atoms with Crippen LogP contribution < -0.4 is 5.32 Å². The molecule has 5 nitrogen and oxygen atoms in total. The predicted molar refractivity (Wildman–Crippen MR) is 92.0 cm³/mol. The van der Waals surface area contributed by atoms with Crippen molar-refractivity contribution in [3.05, 3.63) is 16.1 Å². The molecule has 0 aromatic carbocycles. The van der Waals surface area contributed by atoms with E-state index in [1.807, 2.05) is 0 Å². The number of carboxylic acids is 1. The zero-order valence-electron chi connectivity index (χ0n) is 13.7. The molecule has 7 heteroatoms. The lowest BCUT2D eigenvalue weighted by Gasteiger charge is -2.25. The lowest BCUT2D eigenvalue weighted by atomic mass is 9.93. The maximum atomic E-state index is 10.7. The average Bonchev–Trinajstić information content (AvgIpc) is 2.95. The Morgan fingerprint density at radius 2 is 2.23 bits per heavy atom. The summed E-state index contributed by atoms with van der Waals surface area (Å²) in [4.78, 5) is 17.8. The number of aliphatic carboxylic acids is 1. The quantitative estimate of drug-likeness (QED) is 0.856. The van der Waals surface area contributed by atoms with Gasteiger partial charge >= 0.3 is 5.97 Å². The largest absolute Gasteiger partial charge is 0.480 e. The Bertz CT molecular complexity index is 515. The van der Waals surface area contributed by atoms with Crippen LogP contribution in [-0.4, -0.2) is 46.1 Å². The van der Waals surface area contributed by atoms with E-state index >= 15 is 0 Å². The smallest absolute Gasteiger partial charge is 0.317 e. The Morgan fingerprint density at radius 3 is 2.77 bits per heavy atom. The highest BCUT2D eigenvalue weighted by Gasteiger charge is 2.34. The molecule has 0 aliphatic carbocycles. The Morgan fingerprint density at radius 1 is 1.55 bits per heavy atom. The van der Waals surface area contributed by atoms with Gasteiger partial charge in [-0.15, -0.1) is 23.7 Å². The Kier molecular flexibility index (Phi) is 6.38. The molecule has 0 bridgehead atoms. The van der Waals surface area contributed by atoms with Crippen LogP contribution >= 0.6 is 23.7 Å². The number of halogens is 1. The summed E-state index contributed by atoms with van der Waals surface area (Å²) in [5.74, 6) is -0.801. The summed E-state index contributed by atoms with van der Waals surface area (Å²) in [6.45, 7) is 11.3. The summed E-state index contributed by atoms with van der Waals surface area (Å²) in [7, 11) is 0. The number of aromatic nitrogens is 1. The molecule has 1 fully saturated rings. The van der Waals surface area contributed by atoms with Crippen LogP contribution in [0.25, 0.3) is 0 Å². The molecule has 0 saturated carbocycles. The van der Waals surface area contributed by atoms with Gasteiger partial charge in [0.2, 0.25) is 0 Å². The van der Waals surface area contributed by atoms with Gasteiger partial charge in [0.25, 0.3) is 0 Å². The molecule has 2 N–H and O–H groups in total. The molecule has 0 spiro atoms. The van der Waals surface area contributed by atoms with Crippen LogP contribution in [0.4, 0.5) is 0 Å². The van der Waals surface area contributed by atoms with Gasteiger partial charge < -0.3 is 10.4 Å². The molecule has 1 aliphatic heterocycles. The predicted octanol–water partition coefficient (Wildman–Crippen LogP) is 2.50. The third-order valence-electron chi connectivity index (χ3n) is 3.90. The molecule has 22 heavy (non-hydrogen) atoms. The fourth-order valence-electron chi connectivity index (χ4n) is 2.54. The van der Waals surface area contributed by atoms with E-state index < -0.39 is 5.97 Å². The van der Waals surface area contributed by atoms with Crippen molar-refractivity contribution in [2.75, 3.05) is 19.6 Å². The molecular formula is C15H26ClN3O2S. The third kappa shape index (κ3) is 5.19. The molecule has 1 atom stereocenters. The van der Waals surface area contributed by atoms with E-state index in [1.54, 1.807) is 11.3 Å². The maximum Gasteiger partial charge on any atom is 0.317 e. The second-order valence-electron chi connectivity index (χ2n) is 7.15. The summed E-state index contributed by atoms with van der Waals surface area (Å²) >= 11 is 1.71. The van der Waals surface area contributed by atoms with Gasteiger partial charge in [0.1, 0.15) is 5.01 Å². The molecule has 2 rings (SSSR count). The number of thiazole rings is 1. The SMILES string of the molecule is CC1(NCC(=O)O)CCN(Cc2nc(C(C)(C)C)cs2)C1.Cl. The minimum atomic E-state index is -0.801. The molecule has 0 amide bonds. The van der Waals surface area contributed by atoms with Crippen LogP contribution in [0.3, 0.4) is 0 Å². The fraction of sp³-hybridized carbons (Fsp3) is 0.733. The van der Waals surface area contributed by atoms with Crippen LogP contribution in [0.5, 0.6) is 0 Å². The van der Waals surface area contributed by atoms with Crippen molar-refractivity contribution in [3.8, 4) is 0 Å². The van der Waals surface area contributed by atoms with E-state index in [2.05, 4.69) is 43.3 Å². The van der Waals surface area contributed by atoms with Gasteiger partial charge in [0, 0.05) is 29.4 Å². The van der Waals surface area contributed by atoms with E-state index in [9.17, 15) is 4.79 Å². The van der Waals surface area contributed by atoms with E-state index in [1.165, 1.54) is 0 Å². The van der Waals surface area contributed by atoms with E-state index in [0.29, 0.717) is 0 Å². The molecule has 126 valence electrons. The lowest BCUT2D eigenvalue weighted by Crippen LogP contribution is -2.46. The van der Waals surface area contributed by atoms with Gasteiger partial charge in [-0.1, -0.05) is 20.8 Å². The van der Waals surface area contributed by atoms with Crippen LogP contribution in [0.15, 0.2) is 5.38 Å². The van der Waals surface area contributed by atoms with Gasteiger partial charge in [-0.25, -0.2) is 4.98 Å². The Labute approximate surface area is 142 Å². The number of nitrogens with one attached hydrogen (secondary N) is 1. The molecule has 0 radical (unpaired) electrons. The van der Waals surface area contributed by atoms with Crippen molar-refractivity contribution in [1.82, 2.24) is 15.2 Å².